The summed E-state index contributed by atoms with van der Waals surface area (Å²) < 4.78 is 14.8. The Balaban J connectivity index is 1.76. The molecule has 0 aliphatic rings. The Morgan fingerprint density at radius 3 is 1.18 bits per heavy atom. The number of anilines is 1. The van der Waals surface area contributed by atoms with E-state index in [0.29, 0.717) is 0 Å². The first-order chi connectivity index (χ1) is 16.3. The standard InChI is InChI=1S/C30H24NOP/c32-33(26-18-9-3-10-19-26,27-20-11-4-12-21-27)31-30-28(24-14-5-1-6-15-24)22-13-23-29(30)25-16-7-2-8-17-25/h1-23H,(H,31,32). The van der Waals surface area contributed by atoms with E-state index in [1.54, 1.807) is 0 Å². The van der Waals surface area contributed by atoms with Crippen LogP contribution >= 0.6 is 7.29 Å². The van der Waals surface area contributed by atoms with Crippen molar-refractivity contribution in [1.82, 2.24) is 0 Å². The molecule has 0 unspecified atom stereocenters. The average molecular weight is 446 g/mol. The van der Waals surface area contributed by atoms with Crippen LogP contribution in [0, 0.1) is 0 Å². The number of benzene rings is 5. The molecule has 0 aliphatic carbocycles. The fourth-order valence-corrected chi connectivity index (χ4v) is 6.40. The van der Waals surface area contributed by atoms with Gasteiger partial charge in [0.2, 0.25) is 7.29 Å². The summed E-state index contributed by atoms with van der Waals surface area (Å²) in [4.78, 5) is 0. The Hall–Kier alpha value is -3.87. The van der Waals surface area contributed by atoms with Crippen molar-refractivity contribution in [3.05, 3.63) is 140 Å². The van der Waals surface area contributed by atoms with Gasteiger partial charge < -0.3 is 5.09 Å². The van der Waals surface area contributed by atoms with Gasteiger partial charge in [0.25, 0.3) is 0 Å². The molecule has 0 amide bonds. The molecule has 33 heavy (non-hydrogen) atoms. The molecule has 0 radical (unpaired) electrons. The molecule has 5 rings (SSSR count). The summed E-state index contributed by atoms with van der Waals surface area (Å²) in [6, 6.07) is 46.1. The molecule has 0 saturated heterocycles. The minimum absolute atomic E-state index is 0.776. The Bertz CT molecular complexity index is 1280. The summed E-state index contributed by atoms with van der Waals surface area (Å²) in [6.07, 6.45) is 0. The Labute approximate surface area is 195 Å². The van der Waals surface area contributed by atoms with E-state index in [9.17, 15) is 4.57 Å². The SMILES string of the molecule is O=P(Nc1c(-c2ccccc2)cccc1-c1ccccc1)(c1ccccc1)c1ccccc1. The summed E-state index contributed by atoms with van der Waals surface area (Å²) in [7, 11) is -3.19. The Kier molecular flexibility index (Phi) is 5.93. The number of hydrogen-bond donors (Lipinski definition) is 1. The molecular formula is C30H24NOP. The first-order valence-electron chi connectivity index (χ1n) is 11.0. The molecule has 0 heterocycles. The van der Waals surface area contributed by atoms with Crippen LogP contribution in [0.25, 0.3) is 22.3 Å². The van der Waals surface area contributed by atoms with E-state index < -0.39 is 7.29 Å². The van der Waals surface area contributed by atoms with Crippen molar-refractivity contribution in [3.8, 4) is 22.3 Å². The van der Waals surface area contributed by atoms with Gasteiger partial charge in [-0.3, -0.25) is 4.57 Å². The summed E-state index contributed by atoms with van der Waals surface area (Å²) in [6.45, 7) is 0. The minimum Gasteiger partial charge on any atom is -0.328 e. The van der Waals surface area contributed by atoms with Crippen molar-refractivity contribution in [2.24, 2.45) is 0 Å². The molecule has 1 N–H and O–H groups in total. The van der Waals surface area contributed by atoms with Crippen LogP contribution in [0.4, 0.5) is 5.69 Å². The normalized spacial score (nSPS) is 11.2. The summed E-state index contributed by atoms with van der Waals surface area (Å²) in [5.41, 5.74) is 5.05. The van der Waals surface area contributed by atoms with Crippen molar-refractivity contribution in [1.29, 1.82) is 0 Å². The topological polar surface area (TPSA) is 29.1 Å². The van der Waals surface area contributed by atoms with Gasteiger partial charge in [0.15, 0.2) is 0 Å². The van der Waals surface area contributed by atoms with Crippen molar-refractivity contribution < 1.29 is 4.57 Å². The molecule has 0 atom stereocenters. The molecule has 0 saturated carbocycles. The van der Waals surface area contributed by atoms with Crippen LogP contribution in [0.2, 0.25) is 0 Å². The molecule has 3 heteroatoms. The van der Waals surface area contributed by atoms with Crippen LogP contribution in [-0.4, -0.2) is 0 Å². The van der Waals surface area contributed by atoms with Gasteiger partial charge >= 0.3 is 0 Å². The van der Waals surface area contributed by atoms with Gasteiger partial charge in [-0.15, -0.1) is 0 Å². The predicted octanol–water partition coefficient (Wildman–Crippen LogP) is 7.36. The molecule has 0 bridgehead atoms. The maximum atomic E-state index is 14.8. The van der Waals surface area contributed by atoms with Crippen molar-refractivity contribution in [2.45, 2.75) is 0 Å². The molecule has 5 aromatic carbocycles. The lowest BCUT2D eigenvalue weighted by molar-refractivity contribution is 0.590. The summed E-state index contributed by atoms with van der Waals surface area (Å²) in [5, 5.41) is 5.13. The van der Waals surface area contributed by atoms with Gasteiger partial charge in [0, 0.05) is 21.7 Å². The predicted molar refractivity (Wildman–Crippen MR) is 141 cm³/mol. The van der Waals surface area contributed by atoms with Gasteiger partial charge in [-0.2, -0.15) is 0 Å². The second-order valence-corrected chi connectivity index (χ2v) is 10.3. The summed E-state index contributed by atoms with van der Waals surface area (Å²) >= 11 is 0. The molecule has 0 spiro atoms. The van der Waals surface area contributed by atoms with E-state index >= 15 is 0 Å². The van der Waals surface area contributed by atoms with Crippen LogP contribution in [0.15, 0.2) is 140 Å². The highest BCUT2D eigenvalue weighted by molar-refractivity contribution is 7.80. The van der Waals surface area contributed by atoms with Gasteiger partial charge in [0.05, 0.1) is 5.69 Å². The smallest absolute Gasteiger partial charge is 0.227 e. The van der Waals surface area contributed by atoms with E-state index in [1.807, 2.05) is 97.1 Å². The zero-order chi connectivity index (χ0) is 22.5. The molecule has 160 valence electrons. The van der Waals surface area contributed by atoms with E-state index in [0.717, 1.165) is 38.6 Å². The maximum absolute atomic E-state index is 14.8. The second kappa shape index (κ2) is 9.32. The van der Waals surface area contributed by atoms with E-state index in [4.69, 9.17) is 0 Å². The monoisotopic (exact) mass is 445 g/mol. The first kappa shape index (κ1) is 21.0. The van der Waals surface area contributed by atoms with Crippen molar-refractivity contribution >= 4 is 23.6 Å². The third-order valence-electron chi connectivity index (χ3n) is 5.74. The quantitative estimate of drug-likeness (QED) is 0.277. The maximum Gasteiger partial charge on any atom is 0.227 e. The highest BCUT2D eigenvalue weighted by Crippen LogP contribution is 2.48. The van der Waals surface area contributed by atoms with Crippen LogP contribution < -0.4 is 15.7 Å². The van der Waals surface area contributed by atoms with Gasteiger partial charge in [-0.05, 0) is 35.4 Å². The Morgan fingerprint density at radius 2 is 0.788 bits per heavy atom. The zero-order valence-corrected chi connectivity index (χ0v) is 19.0. The van der Waals surface area contributed by atoms with Crippen LogP contribution in [0.3, 0.4) is 0 Å². The highest BCUT2D eigenvalue weighted by Gasteiger charge is 2.29. The van der Waals surface area contributed by atoms with Crippen molar-refractivity contribution in [3.63, 3.8) is 0 Å². The molecule has 0 aliphatic heterocycles. The van der Waals surface area contributed by atoms with E-state index in [2.05, 4.69) is 47.6 Å². The van der Waals surface area contributed by atoms with Crippen LogP contribution in [-0.2, 0) is 4.57 Å². The van der Waals surface area contributed by atoms with Crippen LogP contribution in [0.5, 0.6) is 0 Å². The van der Waals surface area contributed by atoms with Gasteiger partial charge in [0.1, 0.15) is 0 Å². The molecular weight excluding hydrogens is 421 g/mol. The Morgan fingerprint density at radius 1 is 0.424 bits per heavy atom. The lowest BCUT2D eigenvalue weighted by atomic mass is 9.96. The fourth-order valence-electron chi connectivity index (χ4n) is 4.10. The number of para-hydroxylation sites is 1. The number of nitrogens with one attached hydrogen (secondary N) is 1. The minimum atomic E-state index is -3.19. The second-order valence-electron chi connectivity index (χ2n) is 7.85. The third kappa shape index (κ3) is 4.26. The third-order valence-corrected chi connectivity index (χ3v) is 8.33. The van der Waals surface area contributed by atoms with E-state index in [-0.39, 0.29) is 0 Å². The van der Waals surface area contributed by atoms with Crippen molar-refractivity contribution in [2.75, 3.05) is 5.09 Å². The molecule has 5 aromatic rings. The molecule has 0 fully saturated rings. The van der Waals surface area contributed by atoms with E-state index in [1.165, 1.54) is 0 Å². The molecule has 2 nitrogen and oxygen atoms in total. The average Bonchev–Trinajstić information content (AvgIpc) is 2.91. The first-order valence-corrected chi connectivity index (χ1v) is 12.7. The van der Waals surface area contributed by atoms with Gasteiger partial charge in [-0.1, -0.05) is 115 Å². The lowest BCUT2D eigenvalue weighted by Crippen LogP contribution is -2.22. The van der Waals surface area contributed by atoms with Crippen LogP contribution in [0.1, 0.15) is 0 Å². The number of hydrogen-bond acceptors (Lipinski definition) is 1. The summed E-state index contributed by atoms with van der Waals surface area (Å²) in [5.74, 6) is 0. The fraction of sp³-hybridized carbons (Fsp3) is 0. The largest absolute Gasteiger partial charge is 0.328 e. The zero-order valence-electron chi connectivity index (χ0n) is 18.1. The van der Waals surface area contributed by atoms with Gasteiger partial charge in [-0.25, -0.2) is 0 Å². The molecule has 0 aromatic heterocycles. The number of rotatable bonds is 6. The highest BCUT2D eigenvalue weighted by atomic mass is 31.2. The lowest BCUT2D eigenvalue weighted by Gasteiger charge is -2.25.